The Balaban J connectivity index is 1.67. The Morgan fingerprint density at radius 1 is 1.19 bits per heavy atom. The molecule has 27 heavy (non-hydrogen) atoms. The molecular formula is C21H24FN5. The van der Waals surface area contributed by atoms with Gasteiger partial charge in [0.05, 0.1) is 18.6 Å². The van der Waals surface area contributed by atoms with Crippen LogP contribution >= 0.6 is 0 Å². The van der Waals surface area contributed by atoms with Crippen LogP contribution in [-0.4, -0.2) is 22.1 Å². The highest BCUT2D eigenvalue weighted by molar-refractivity contribution is 5.79. The monoisotopic (exact) mass is 365 g/mol. The fourth-order valence-corrected chi connectivity index (χ4v) is 2.76. The van der Waals surface area contributed by atoms with Gasteiger partial charge in [-0.15, -0.1) is 0 Å². The third kappa shape index (κ3) is 4.94. The first-order valence-corrected chi connectivity index (χ1v) is 9.01. The van der Waals surface area contributed by atoms with Gasteiger partial charge in [0.2, 0.25) is 0 Å². The summed E-state index contributed by atoms with van der Waals surface area (Å²) in [5.74, 6) is 0.415. The number of halogens is 1. The number of benzene rings is 2. The maximum Gasteiger partial charge on any atom is 0.191 e. The van der Waals surface area contributed by atoms with Crippen LogP contribution in [0.2, 0.25) is 0 Å². The zero-order valence-electron chi connectivity index (χ0n) is 15.6. The van der Waals surface area contributed by atoms with Crippen LogP contribution in [0.3, 0.4) is 0 Å². The van der Waals surface area contributed by atoms with Crippen molar-refractivity contribution in [2.45, 2.75) is 26.9 Å². The van der Waals surface area contributed by atoms with E-state index in [1.165, 1.54) is 17.2 Å². The van der Waals surface area contributed by atoms with Crippen molar-refractivity contribution in [2.24, 2.45) is 4.99 Å². The van der Waals surface area contributed by atoms with E-state index in [9.17, 15) is 4.39 Å². The second kappa shape index (κ2) is 8.98. The predicted molar refractivity (Wildman–Crippen MR) is 106 cm³/mol. The van der Waals surface area contributed by atoms with Gasteiger partial charge in [0, 0.05) is 25.5 Å². The average Bonchev–Trinajstić information content (AvgIpc) is 3.19. The van der Waals surface area contributed by atoms with E-state index in [-0.39, 0.29) is 5.82 Å². The number of aromatic nitrogens is 2. The Hall–Kier alpha value is -3.15. The van der Waals surface area contributed by atoms with Crippen LogP contribution in [0, 0.1) is 12.7 Å². The summed E-state index contributed by atoms with van der Waals surface area (Å²) in [5.41, 5.74) is 3.74. The summed E-state index contributed by atoms with van der Waals surface area (Å²) in [7, 11) is 0. The summed E-state index contributed by atoms with van der Waals surface area (Å²) >= 11 is 0. The lowest BCUT2D eigenvalue weighted by Gasteiger charge is -2.13. The Kier molecular flexibility index (Phi) is 6.20. The molecule has 0 saturated carbocycles. The molecule has 0 aliphatic carbocycles. The quantitative estimate of drug-likeness (QED) is 0.519. The molecule has 1 aromatic heterocycles. The molecule has 0 amide bonds. The van der Waals surface area contributed by atoms with E-state index >= 15 is 0 Å². The van der Waals surface area contributed by atoms with Crippen molar-refractivity contribution in [1.29, 1.82) is 0 Å². The SMILES string of the molecule is CCNC(=NCc1ccc(-n2ccnc2)c(F)c1)NCc1ccccc1C. The summed E-state index contributed by atoms with van der Waals surface area (Å²) in [4.78, 5) is 8.52. The van der Waals surface area contributed by atoms with Crippen LogP contribution in [0.1, 0.15) is 23.6 Å². The summed E-state index contributed by atoms with van der Waals surface area (Å²) in [6.07, 6.45) is 4.92. The lowest BCUT2D eigenvalue weighted by Crippen LogP contribution is -2.36. The van der Waals surface area contributed by atoms with Crippen molar-refractivity contribution >= 4 is 5.96 Å². The predicted octanol–water partition coefficient (Wildman–Crippen LogP) is 3.58. The molecule has 140 valence electrons. The molecule has 0 saturated heterocycles. The van der Waals surface area contributed by atoms with Gasteiger partial charge in [0.1, 0.15) is 5.82 Å². The number of nitrogens with zero attached hydrogens (tertiary/aromatic N) is 3. The molecule has 0 radical (unpaired) electrons. The van der Waals surface area contributed by atoms with Crippen LogP contribution in [-0.2, 0) is 13.1 Å². The van der Waals surface area contributed by atoms with Crippen LogP contribution < -0.4 is 10.6 Å². The van der Waals surface area contributed by atoms with Gasteiger partial charge in [-0.25, -0.2) is 14.4 Å². The number of aliphatic imine (C=N–C) groups is 1. The van der Waals surface area contributed by atoms with Crippen molar-refractivity contribution in [2.75, 3.05) is 6.54 Å². The van der Waals surface area contributed by atoms with Crippen molar-refractivity contribution in [3.63, 3.8) is 0 Å². The maximum absolute atomic E-state index is 14.4. The molecule has 0 spiro atoms. The average molecular weight is 365 g/mol. The van der Waals surface area contributed by atoms with E-state index in [0.29, 0.717) is 24.7 Å². The molecule has 0 aliphatic heterocycles. The van der Waals surface area contributed by atoms with Gasteiger partial charge in [0.25, 0.3) is 0 Å². The fourth-order valence-electron chi connectivity index (χ4n) is 2.76. The standard InChI is InChI=1S/C21H24FN5/c1-3-24-21(26-14-18-7-5-4-6-16(18)2)25-13-17-8-9-20(19(22)12-17)27-11-10-23-15-27/h4-12,15H,3,13-14H2,1-2H3,(H2,24,25,26). The molecule has 0 unspecified atom stereocenters. The van der Waals surface area contributed by atoms with E-state index in [1.807, 2.05) is 25.1 Å². The largest absolute Gasteiger partial charge is 0.357 e. The number of hydrogen-bond donors (Lipinski definition) is 2. The summed E-state index contributed by atoms with van der Waals surface area (Å²) < 4.78 is 16.0. The second-order valence-electron chi connectivity index (χ2n) is 6.23. The lowest BCUT2D eigenvalue weighted by molar-refractivity contribution is 0.615. The van der Waals surface area contributed by atoms with Gasteiger partial charge < -0.3 is 15.2 Å². The zero-order chi connectivity index (χ0) is 19.1. The Morgan fingerprint density at radius 3 is 2.74 bits per heavy atom. The summed E-state index contributed by atoms with van der Waals surface area (Å²) in [6, 6.07) is 13.4. The molecule has 0 bridgehead atoms. The van der Waals surface area contributed by atoms with Crippen molar-refractivity contribution in [3.05, 3.63) is 83.7 Å². The van der Waals surface area contributed by atoms with Crippen molar-refractivity contribution < 1.29 is 4.39 Å². The Bertz CT molecular complexity index is 903. The van der Waals surface area contributed by atoms with Gasteiger partial charge in [0.15, 0.2) is 5.96 Å². The van der Waals surface area contributed by atoms with Crippen molar-refractivity contribution in [3.8, 4) is 5.69 Å². The Labute approximate surface area is 159 Å². The normalized spacial score (nSPS) is 11.4. The summed E-state index contributed by atoms with van der Waals surface area (Å²) in [5, 5.41) is 6.55. The number of rotatable bonds is 6. The molecule has 3 aromatic rings. The van der Waals surface area contributed by atoms with Crippen LogP contribution in [0.4, 0.5) is 4.39 Å². The molecule has 1 heterocycles. The van der Waals surface area contributed by atoms with E-state index in [1.54, 1.807) is 29.4 Å². The van der Waals surface area contributed by atoms with Gasteiger partial charge in [-0.3, -0.25) is 0 Å². The van der Waals surface area contributed by atoms with E-state index in [2.05, 4.69) is 39.7 Å². The van der Waals surface area contributed by atoms with E-state index < -0.39 is 0 Å². The number of aryl methyl sites for hydroxylation is 1. The van der Waals surface area contributed by atoms with Gasteiger partial charge in [-0.2, -0.15) is 0 Å². The molecule has 2 N–H and O–H groups in total. The van der Waals surface area contributed by atoms with Crippen LogP contribution in [0.5, 0.6) is 0 Å². The van der Waals surface area contributed by atoms with E-state index in [0.717, 1.165) is 12.1 Å². The fraction of sp³-hybridized carbons (Fsp3) is 0.238. The minimum Gasteiger partial charge on any atom is -0.357 e. The first kappa shape index (κ1) is 18.6. The van der Waals surface area contributed by atoms with E-state index in [4.69, 9.17) is 0 Å². The number of imidazole rings is 1. The van der Waals surface area contributed by atoms with Gasteiger partial charge in [-0.1, -0.05) is 30.3 Å². The third-order valence-corrected chi connectivity index (χ3v) is 4.27. The topological polar surface area (TPSA) is 54.2 Å². The second-order valence-corrected chi connectivity index (χ2v) is 6.23. The lowest BCUT2D eigenvalue weighted by atomic mass is 10.1. The minimum absolute atomic E-state index is 0.293. The smallest absolute Gasteiger partial charge is 0.191 e. The van der Waals surface area contributed by atoms with Crippen molar-refractivity contribution in [1.82, 2.24) is 20.2 Å². The first-order chi connectivity index (χ1) is 13.2. The van der Waals surface area contributed by atoms with Gasteiger partial charge in [-0.05, 0) is 42.7 Å². The van der Waals surface area contributed by atoms with Gasteiger partial charge >= 0.3 is 0 Å². The van der Waals surface area contributed by atoms with Crippen LogP contribution in [0.15, 0.2) is 66.2 Å². The molecule has 0 atom stereocenters. The highest BCUT2D eigenvalue weighted by Gasteiger charge is 2.06. The first-order valence-electron chi connectivity index (χ1n) is 9.01. The zero-order valence-corrected chi connectivity index (χ0v) is 15.6. The molecule has 3 rings (SSSR count). The number of hydrogen-bond acceptors (Lipinski definition) is 2. The molecule has 2 aromatic carbocycles. The molecule has 6 heteroatoms. The molecule has 5 nitrogen and oxygen atoms in total. The van der Waals surface area contributed by atoms with Crippen LogP contribution in [0.25, 0.3) is 5.69 Å². The molecular weight excluding hydrogens is 341 g/mol. The highest BCUT2D eigenvalue weighted by atomic mass is 19.1. The highest BCUT2D eigenvalue weighted by Crippen LogP contribution is 2.15. The molecule has 0 aliphatic rings. The number of guanidine groups is 1. The summed E-state index contributed by atoms with van der Waals surface area (Å²) in [6.45, 7) is 5.94. The number of nitrogens with one attached hydrogen (secondary N) is 2. The third-order valence-electron chi connectivity index (χ3n) is 4.27. The maximum atomic E-state index is 14.4. The molecule has 0 fully saturated rings. The Morgan fingerprint density at radius 2 is 2.04 bits per heavy atom. The minimum atomic E-state index is -0.293.